The van der Waals surface area contributed by atoms with Crippen LogP contribution in [0.1, 0.15) is 18.9 Å². The van der Waals surface area contributed by atoms with Crippen molar-refractivity contribution in [2.24, 2.45) is 0 Å². The van der Waals surface area contributed by atoms with Crippen molar-refractivity contribution in [1.29, 1.82) is 0 Å². The highest BCUT2D eigenvalue weighted by Crippen LogP contribution is 2.27. The maximum absolute atomic E-state index is 11.9. The fourth-order valence-corrected chi connectivity index (χ4v) is 3.24. The van der Waals surface area contributed by atoms with Crippen molar-refractivity contribution >= 4 is 5.91 Å². The molecule has 1 aliphatic rings. The molecule has 1 aromatic carbocycles. The lowest BCUT2D eigenvalue weighted by molar-refractivity contribution is -0.123. The standard InChI is InChI=1S/C17H26N2O4/c1-2-18-15(21)10-13-16(22)17(23)14(11-20)19(13)9-8-12-6-4-3-5-7-12/h3-7,13-14,16-17,20,22-23H,2,8-11H2,1H3,(H,18,21)/t13-,14-,16-,17-/m1/s1. The second-order valence-corrected chi connectivity index (χ2v) is 5.93. The monoisotopic (exact) mass is 322 g/mol. The second-order valence-electron chi connectivity index (χ2n) is 5.93. The fraction of sp³-hybridized carbons (Fsp3) is 0.588. The number of hydrogen-bond acceptors (Lipinski definition) is 5. The number of nitrogens with zero attached hydrogens (tertiary/aromatic N) is 1. The van der Waals surface area contributed by atoms with Gasteiger partial charge in [0.15, 0.2) is 0 Å². The fourth-order valence-electron chi connectivity index (χ4n) is 3.24. The number of aliphatic hydroxyl groups is 3. The van der Waals surface area contributed by atoms with Gasteiger partial charge >= 0.3 is 0 Å². The predicted molar refractivity (Wildman–Crippen MR) is 86.8 cm³/mol. The molecule has 1 fully saturated rings. The molecule has 0 unspecified atom stereocenters. The molecule has 0 radical (unpaired) electrons. The molecule has 4 atom stereocenters. The average molecular weight is 322 g/mol. The topological polar surface area (TPSA) is 93.0 Å². The van der Waals surface area contributed by atoms with Crippen LogP contribution in [-0.4, -0.2) is 70.1 Å². The maximum atomic E-state index is 11.9. The molecule has 6 nitrogen and oxygen atoms in total. The molecule has 128 valence electrons. The zero-order valence-corrected chi connectivity index (χ0v) is 13.4. The normalized spacial score (nSPS) is 28.0. The lowest BCUT2D eigenvalue weighted by Crippen LogP contribution is -2.44. The minimum Gasteiger partial charge on any atom is -0.395 e. The van der Waals surface area contributed by atoms with E-state index in [0.717, 1.165) is 12.0 Å². The predicted octanol–water partition coefficient (Wildman–Crippen LogP) is -0.478. The summed E-state index contributed by atoms with van der Waals surface area (Å²) < 4.78 is 0. The Balaban J connectivity index is 2.07. The minimum atomic E-state index is -1.05. The third kappa shape index (κ3) is 4.29. The van der Waals surface area contributed by atoms with Crippen LogP contribution in [0.2, 0.25) is 0 Å². The summed E-state index contributed by atoms with van der Waals surface area (Å²) in [6.45, 7) is 2.67. The zero-order valence-electron chi connectivity index (χ0n) is 13.4. The summed E-state index contributed by atoms with van der Waals surface area (Å²) in [5, 5.41) is 32.7. The molecule has 2 rings (SSSR count). The van der Waals surface area contributed by atoms with E-state index in [1.807, 2.05) is 42.2 Å². The number of amides is 1. The van der Waals surface area contributed by atoms with Gasteiger partial charge in [0.25, 0.3) is 0 Å². The van der Waals surface area contributed by atoms with E-state index in [2.05, 4.69) is 5.32 Å². The Labute approximate surface area is 136 Å². The Morgan fingerprint density at radius 2 is 1.83 bits per heavy atom. The Bertz CT molecular complexity index is 497. The van der Waals surface area contributed by atoms with E-state index in [4.69, 9.17) is 0 Å². The molecule has 1 saturated heterocycles. The van der Waals surface area contributed by atoms with Gasteiger partial charge < -0.3 is 20.6 Å². The Morgan fingerprint density at radius 3 is 2.43 bits per heavy atom. The van der Waals surface area contributed by atoms with Crippen LogP contribution in [0.4, 0.5) is 0 Å². The molecule has 0 saturated carbocycles. The summed E-state index contributed by atoms with van der Waals surface area (Å²) in [7, 11) is 0. The van der Waals surface area contributed by atoms with E-state index in [1.54, 1.807) is 0 Å². The maximum Gasteiger partial charge on any atom is 0.221 e. The lowest BCUT2D eigenvalue weighted by Gasteiger charge is -2.29. The SMILES string of the molecule is CCNC(=O)C[C@@H]1[C@@H](O)[C@H](O)[C@@H](CO)N1CCc1ccccc1. The van der Waals surface area contributed by atoms with Gasteiger partial charge in [-0.2, -0.15) is 0 Å². The van der Waals surface area contributed by atoms with E-state index >= 15 is 0 Å². The van der Waals surface area contributed by atoms with Gasteiger partial charge in [-0.1, -0.05) is 30.3 Å². The lowest BCUT2D eigenvalue weighted by atomic mass is 10.1. The van der Waals surface area contributed by atoms with Gasteiger partial charge in [-0.25, -0.2) is 0 Å². The van der Waals surface area contributed by atoms with E-state index in [9.17, 15) is 20.1 Å². The summed E-state index contributed by atoms with van der Waals surface area (Å²) in [6.07, 6.45) is -1.25. The Hall–Kier alpha value is -1.47. The molecule has 0 aromatic heterocycles. The number of nitrogens with one attached hydrogen (secondary N) is 1. The van der Waals surface area contributed by atoms with Gasteiger partial charge in [0.05, 0.1) is 24.9 Å². The van der Waals surface area contributed by atoms with E-state index < -0.39 is 24.3 Å². The highest BCUT2D eigenvalue weighted by atomic mass is 16.3. The molecule has 4 N–H and O–H groups in total. The molecular weight excluding hydrogens is 296 g/mol. The summed E-state index contributed by atoms with van der Waals surface area (Å²) in [5.41, 5.74) is 1.14. The molecule has 1 heterocycles. The highest BCUT2D eigenvalue weighted by molar-refractivity contribution is 5.76. The first-order chi connectivity index (χ1) is 11.1. The number of hydrogen-bond donors (Lipinski definition) is 4. The summed E-state index contributed by atoms with van der Waals surface area (Å²) >= 11 is 0. The van der Waals surface area contributed by atoms with Crippen LogP contribution in [0.3, 0.4) is 0 Å². The quantitative estimate of drug-likeness (QED) is 0.544. The van der Waals surface area contributed by atoms with Crippen molar-refractivity contribution in [2.75, 3.05) is 19.7 Å². The number of carbonyl (C=O) groups excluding carboxylic acids is 1. The molecule has 0 bridgehead atoms. The minimum absolute atomic E-state index is 0.108. The van der Waals surface area contributed by atoms with Crippen molar-refractivity contribution in [3.63, 3.8) is 0 Å². The Kier molecular flexibility index (Phi) is 6.53. The van der Waals surface area contributed by atoms with Crippen LogP contribution in [0.15, 0.2) is 30.3 Å². The average Bonchev–Trinajstić information content (AvgIpc) is 2.78. The van der Waals surface area contributed by atoms with Crippen molar-refractivity contribution < 1.29 is 20.1 Å². The van der Waals surface area contributed by atoms with Gasteiger partial charge in [-0.05, 0) is 18.9 Å². The third-order valence-corrected chi connectivity index (χ3v) is 4.45. The highest BCUT2D eigenvalue weighted by Gasteiger charge is 2.47. The molecule has 1 amide bonds. The number of likely N-dealkylation sites (tertiary alicyclic amines) is 1. The summed E-state index contributed by atoms with van der Waals surface area (Å²) in [5.74, 6) is -0.160. The van der Waals surface area contributed by atoms with Gasteiger partial charge in [0, 0.05) is 25.6 Å². The molecule has 1 aromatic rings. The molecular formula is C17H26N2O4. The number of benzene rings is 1. The first kappa shape index (κ1) is 17.9. The molecule has 23 heavy (non-hydrogen) atoms. The van der Waals surface area contributed by atoms with Crippen LogP contribution in [0, 0.1) is 0 Å². The van der Waals surface area contributed by atoms with Crippen molar-refractivity contribution in [2.45, 2.75) is 44.1 Å². The summed E-state index contributed by atoms with van der Waals surface area (Å²) in [6, 6.07) is 8.84. The van der Waals surface area contributed by atoms with Gasteiger partial charge in [0.2, 0.25) is 5.91 Å². The Morgan fingerprint density at radius 1 is 1.17 bits per heavy atom. The van der Waals surface area contributed by atoms with Crippen LogP contribution in [-0.2, 0) is 11.2 Å². The van der Waals surface area contributed by atoms with Crippen LogP contribution in [0.5, 0.6) is 0 Å². The summed E-state index contributed by atoms with van der Waals surface area (Å²) in [4.78, 5) is 13.7. The number of rotatable bonds is 7. The number of carbonyl (C=O) groups is 1. The van der Waals surface area contributed by atoms with E-state index in [0.29, 0.717) is 13.1 Å². The van der Waals surface area contributed by atoms with Gasteiger partial charge in [0.1, 0.15) is 0 Å². The van der Waals surface area contributed by atoms with E-state index in [-0.39, 0.29) is 18.9 Å². The molecule has 1 aliphatic heterocycles. The van der Waals surface area contributed by atoms with Crippen LogP contribution in [0.25, 0.3) is 0 Å². The first-order valence-electron chi connectivity index (χ1n) is 8.11. The molecule has 0 aliphatic carbocycles. The van der Waals surface area contributed by atoms with Crippen molar-refractivity contribution in [3.8, 4) is 0 Å². The van der Waals surface area contributed by atoms with Gasteiger partial charge in [-0.3, -0.25) is 9.69 Å². The third-order valence-electron chi connectivity index (χ3n) is 4.45. The van der Waals surface area contributed by atoms with Crippen LogP contribution < -0.4 is 5.32 Å². The largest absolute Gasteiger partial charge is 0.395 e. The van der Waals surface area contributed by atoms with Crippen molar-refractivity contribution in [3.05, 3.63) is 35.9 Å². The van der Waals surface area contributed by atoms with E-state index in [1.165, 1.54) is 0 Å². The smallest absolute Gasteiger partial charge is 0.221 e. The van der Waals surface area contributed by atoms with Crippen LogP contribution >= 0.6 is 0 Å². The van der Waals surface area contributed by atoms with Crippen molar-refractivity contribution in [1.82, 2.24) is 10.2 Å². The zero-order chi connectivity index (χ0) is 16.8. The molecule has 6 heteroatoms. The first-order valence-corrected chi connectivity index (χ1v) is 8.11. The number of aliphatic hydroxyl groups excluding tert-OH is 3. The van der Waals surface area contributed by atoms with Gasteiger partial charge in [-0.15, -0.1) is 0 Å². The second kappa shape index (κ2) is 8.40. The molecule has 0 spiro atoms.